The maximum atomic E-state index is 11.3. The van der Waals surface area contributed by atoms with Crippen LogP contribution in [-0.2, 0) is 5.60 Å². The van der Waals surface area contributed by atoms with Crippen LogP contribution in [0.5, 0.6) is 0 Å². The Kier molecular flexibility index (Phi) is 3.00. The Balaban J connectivity index is 1.81. The number of benzene rings is 1. The van der Waals surface area contributed by atoms with Crippen LogP contribution in [0.1, 0.15) is 37.8 Å². The zero-order chi connectivity index (χ0) is 13.6. The molecule has 2 atom stereocenters. The topological polar surface area (TPSA) is 33.1 Å². The van der Waals surface area contributed by atoms with Gasteiger partial charge in [-0.2, -0.15) is 11.8 Å². The highest BCUT2D eigenvalue weighted by molar-refractivity contribution is 8.00. The minimum atomic E-state index is -0.734. The Morgan fingerprint density at radius 1 is 1.10 bits per heavy atom. The molecule has 0 aliphatic carbocycles. The molecule has 1 aromatic heterocycles. The fraction of sp³-hybridized carbons (Fsp3) is 0.471. The van der Waals surface area contributed by atoms with Crippen LogP contribution in [0.25, 0.3) is 10.8 Å². The summed E-state index contributed by atoms with van der Waals surface area (Å²) in [6.07, 6.45) is 7.36. The van der Waals surface area contributed by atoms with Crippen LogP contribution < -0.4 is 0 Å². The van der Waals surface area contributed by atoms with E-state index in [1.165, 1.54) is 24.6 Å². The Hall–Kier alpha value is -1.06. The number of fused-ring (bicyclic) bond motifs is 3. The van der Waals surface area contributed by atoms with Crippen molar-refractivity contribution in [1.82, 2.24) is 4.98 Å². The Bertz CT molecular complexity index is 624. The third-order valence-corrected chi connectivity index (χ3v) is 6.26. The number of hydrogen-bond acceptors (Lipinski definition) is 3. The van der Waals surface area contributed by atoms with Gasteiger partial charge < -0.3 is 5.11 Å². The second-order valence-corrected chi connectivity index (χ2v) is 7.74. The number of aromatic nitrogens is 1. The van der Waals surface area contributed by atoms with E-state index in [2.05, 4.69) is 28.9 Å². The van der Waals surface area contributed by atoms with Gasteiger partial charge in [-0.1, -0.05) is 30.7 Å². The third-order valence-electron chi connectivity index (χ3n) is 4.68. The first-order chi connectivity index (χ1) is 9.74. The van der Waals surface area contributed by atoms with Gasteiger partial charge in [0.25, 0.3) is 0 Å². The molecule has 2 saturated heterocycles. The van der Waals surface area contributed by atoms with E-state index in [1.807, 2.05) is 24.4 Å². The predicted molar refractivity (Wildman–Crippen MR) is 83.9 cm³/mol. The van der Waals surface area contributed by atoms with Gasteiger partial charge in [-0.3, -0.25) is 4.98 Å². The van der Waals surface area contributed by atoms with Crippen LogP contribution in [0.4, 0.5) is 0 Å². The molecular formula is C17H19NOS. The molecule has 0 radical (unpaired) electrons. The molecule has 2 aromatic rings. The SMILES string of the molecule is OC1(c2nccc3ccccc23)CC2CCCC(C1)S2. The number of rotatable bonds is 1. The van der Waals surface area contributed by atoms with E-state index in [0.29, 0.717) is 10.5 Å². The molecule has 0 amide bonds. The molecule has 2 nitrogen and oxygen atoms in total. The van der Waals surface area contributed by atoms with Crippen molar-refractivity contribution in [2.24, 2.45) is 0 Å². The second-order valence-electron chi connectivity index (χ2n) is 6.13. The number of hydrogen-bond donors (Lipinski definition) is 1. The Labute approximate surface area is 123 Å². The van der Waals surface area contributed by atoms with Crippen molar-refractivity contribution in [3.05, 3.63) is 42.2 Å². The molecule has 3 heteroatoms. The molecule has 2 fully saturated rings. The summed E-state index contributed by atoms with van der Waals surface area (Å²) in [6.45, 7) is 0. The van der Waals surface area contributed by atoms with Crippen LogP contribution in [0.2, 0.25) is 0 Å². The van der Waals surface area contributed by atoms with Gasteiger partial charge >= 0.3 is 0 Å². The van der Waals surface area contributed by atoms with Crippen molar-refractivity contribution in [3.8, 4) is 0 Å². The molecular weight excluding hydrogens is 266 g/mol. The van der Waals surface area contributed by atoms with E-state index in [9.17, 15) is 5.11 Å². The number of aliphatic hydroxyl groups is 1. The summed E-state index contributed by atoms with van der Waals surface area (Å²) in [7, 11) is 0. The predicted octanol–water partition coefficient (Wildman–Crippen LogP) is 3.87. The van der Waals surface area contributed by atoms with Gasteiger partial charge in [-0.05, 0) is 37.1 Å². The average Bonchev–Trinajstić information content (AvgIpc) is 2.46. The van der Waals surface area contributed by atoms with Crippen molar-refractivity contribution in [1.29, 1.82) is 0 Å². The van der Waals surface area contributed by atoms with Gasteiger partial charge in [0.15, 0.2) is 0 Å². The second kappa shape index (κ2) is 4.74. The molecule has 0 saturated carbocycles. The maximum Gasteiger partial charge on any atom is 0.109 e. The highest BCUT2D eigenvalue weighted by Gasteiger charge is 2.44. The van der Waals surface area contributed by atoms with Crippen molar-refractivity contribution < 1.29 is 5.11 Å². The van der Waals surface area contributed by atoms with Gasteiger partial charge in [0.1, 0.15) is 5.60 Å². The summed E-state index contributed by atoms with van der Waals surface area (Å²) in [5.41, 5.74) is 0.162. The zero-order valence-electron chi connectivity index (χ0n) is 11.5. The van der Waals surface area contributed by atoms with Gasteiger partial charge in [-0.15, -0.1) is 0 Å². The molecule has 1 aromatic carbocycles. The summed E-state index contributed by atoms with van der Waals surface area (Å²) in [5, 5.41) is 14.8. The van der Waals surface area contributed by atoms with Crippen molar-refractivity contribution in [3.63, 3.8) is 0 Å². The number of nitrogens with zero attached hydrogens (tertiary/aromatic N) is 1. The van der Waals surface area contributed by atoms with Crippen LogP contribution in [0, 0.1) is 0 Å². The lowest BCUT2D eigenvalue weighted by molar-refractivity contribution is 0.00558. The summed E-state index contributed by atoms with van der Waals surface area (Å²) in [6, 6.07) is 10.3. The molecule has 2 unspecified atom stereocenters. The summed E-state index contributed by atoms with van der Waals surface area (Å²) >= 11 is 2.09. The Morgan fingerprint density at radius 3 is 2.65 bits per heavy atom. The lowest BCUT2D eigenvalue weighted by atomic mass is 9.81. The first-order valence-corrected chi connectivity index (χ1v) is 8.41. The van der Waals surface area contributed by atoms with Crippen LogP contribution in [-0.4, -0.2) is 20.6 Å². The molecule has 2 aliphatic heterocycles. The van der Waals surface area contributed by atoms with E-state index in [1.54, 1.807) is 0 Å². The quantitative estimate of drug-likeness (QED) is 0.863. The largest absolute Gasteiger partial charge is 0.383 e. The van der Waals surface area contributed by atoms with Crippen LogP contribution >= 0.6 is 11.8 Å². The number of pyridine rings is 1. The fourth-order valence-electron chi connectivity index (χ4n) is 3.80. The molecule has 20 heavy (non-hydrogen) atoms. The van der Waals surface area contributed by atoms with Gasteiger partial charge in [-0.25, -0.2) is 0 Å². The fourth-order valence-corrected chi connectivity index (χ4v) is 5.70. The van der Waals surface area contributed by atoms with E-state index < -0.39 is 5.60 Å². The van der Waals surface area contributed by atoms with Crippen LogP contribution in [0.3, 0.4) is 0 Å². The van der Waals surface area contributed by atoms with E-state index in [0.717, 1.165) is 23.9 Å². The van der Waals surface area contributed by atoms with E-state index in [4.69, 9.17) is 0 Å². The van der Waals surface area contributed by atoms with Gasteiger partial charge in [0, 0.05) is 22.1 Å². The van der Waals surface area contributed by atoms with Gasteiger partial charge in [0.2, 0.25) is 0 Å². The maximum absolute atomic E-state index is 11.3. The first-order valence-electron chi connectivity index (χ1n) is 7.47. The van der Waals surface area contributed by atoms with Gasteiger partial charge in [0.05, 0.1) is 5.69 Å². The van der Waals surface area contributed by atoms with E-state index in [-0.39, 0.29) is 0 Å². The monoisotopic (exact) mass is 285 g/mol. The molecule has 2 bridgehead atoms. The molecule has 104 valence electrons. The Morgan fingerprint density at radius 2 is 1.85 bits per heavy atom. The van der Waals surface area contributed by atoms with E-state index >= 15 is 0 Å². The highest BCUT2D eigenvalue weighted by Crippen LogP contribution is 2.49. The van der Waals surface area contributed by atoms with Crippen LogP contribution in [0.15, 0.2) is 36.5 Å². The number of thioether (sulfide) groups is 1. The summed E-state index contributed by atoms with van der Waals surface area (Å²) < 4.78 is 0. The first kappa shape index (κ1) is 12.7. The standard InChI is InChI=1S/C17H19NOS/c19-17(10-13-5-3-6-14(11-17)20-13)16-15-7-2-1-4-12(15)8-9-18-16/h1-2,4,7-9,13-14,19H,3,5-6,10-11H2. The molecule has 0 spiro atoms. The summed E-state index contributed by atoms with van der Waals surface area (Å²) in [5.74, 6) is 0. The molecule has 1 N–H and O–H groups in total. The molecule has 2 aliphatic rings. The highest BCUT2D eigenvalue weighted by atomic mass is 32.2. The zero-order valence-corrected chi connectivity index (χ0v) is 12.3. The lowest BCUT2D eigenvalue weighted by Gasteiger charge is -2.43. The van der Waals surface area contributed by atoms with Crippen molar-refractivity contribution in [2.45, 2.75) is 48.2 Å². The normalized spacial score (nSPS) is 33.2. The minimum Gasteiger partial charge on any atom is -0.383 e. The third kappa shape index (κ3) is 2.04. The smallest absolute Gasteiger partial charge is 0.109 e. The minimum absolute atomic E-state index is 0.605. The average molecular weight is 285 g/mol. The van der Waals surface area contributed by atoms with Crippen molar-refractivity contribution >= 4 is 22.5 Å². The summed E-state index contributed by atoms with van der Waals surface area (Å²) in [4.78, 5) is 4.57. The lowest BCUT2D eigenvalue weighted by Crippen LogP contribution is -2.41. The molecule has 3 heterocycles. The van der Waals surface area contributed by atoms with Crippen molar-refractivity contribution in [2.75, 3.05) is 0 Å². The molecule has 4 rings (SSSR count).